The highest BCUT2D eigenvalue weighted by atomic mass is 79.9. The lowest BCUT2D eigenvalue weighted by atomic mass is 10.0. The summed E-state index contributed by atoms with van der Waals surface area (Å²) in [5.74, 6) is -2.32. The molecule has 0 saturated heterocycles. The molecule has 7 nitrogen and oxygen atoms in total. The molecule has 0 N–H and O–H groups in total. The number of methoxy groups -OCH3 is 3. The predicted octanol–water partition coefficient (Wildman–Crippen LogP) is 4.90. The Kier molecular flexibility index (Phi) is 6.58. The summed E-state index contributed by atoms with van der Waals surface area (Å²) in [6, 6.07) is 10.4. The van der Waals surface area contributed by atoms with Crippen LogP contribution in [0.15, 0.2) is 46.9 Å². The third-order valence-corrected chi connectivity index (χ3v) is 5.07. The Hall–Kier alpha value is -3.34. The van der Waals surface area contributed by atoms with Crippen molar-refractivity contribution in [3.63, 3.8) is 0 Å². The summed E-state index contributed by atoms with van der Waals surface area (Å²) in [6.45, 7) is 0. The average Bonchev–Trinajstić information content (AvgIpc) is 3.18. The second kappa shape index (κ2) is 9.03. The van der Waals surface area contributed by atoms with Crippen LogP contribution in [-0.2, 0) is 15.7 Å². The van der Waals surface area contributed by atoms with Crippen LogP contribution in [0.5, 0.6) is 5.75 Å². The summed E-state index contributed by atoms with van der Waals surface area (Å²) in [7, 11) is 3.30. The molecule has 0 spiro atoms. The summed E-state index contributed by atoms with van der Waals surface area (Å²) in [5, 5.41) is 4.29. The van der Waals surface area contributed by atoms with Gasteiger partial charge >= 0.3 is 18.1 Å². The van der Waals surface area contributed by atoms with Gasteiger partial charge in [-0.2, -0.15) is 18.3 Å². The van der Waals surface area contributed by atoms with Crippen LogP contribution in [0.25, 0.3) is 16.9 Å². The first kappa shape index (κ1) is 23.3. The molecule has 168 valence electrons. The van der Waals surface area contributed by atoms with E-state index < -0.39 is 29.4 Å². The molecule has 0 bridgehead atoms. The van der Waals surface area contributed by atoms with Crippen molar-refractivity contribution in [1.29, 1.82) is 0 Å². The van der Waals surface area contributed by atoms with Crippen molar-refractivity contribution in [3.05, 3.63) is 63.8 Å². The fraction of sp³-hybridized carbons (Fsp3) is 0.190. The zero-order chi connectivity index (χ0) is 23.6. The van der Waals surface area contributed by atoms with Crippen LogP contribution in [-0.4, -0.2) is 43.0 Å². The molecular formula is C21H16BrF3N2O5. The lowest BCUT2D eigenvalue weighted by Gasteiger charge is -2.15. The summed E-state index contributed by atoms with van der Waals surface area (Å²) in [6.07, 6.45) is -4.76. The third kappa shape index (κ3) is 4.20. The summed E-state index contributed by atoms with van der Waals surface area (Å²) in [5.41, 5.74) is -1.63. The number of halogens is 4. The van der Waals surface area contributed by atoms with Crippen LogP contribution < -0.4 is 4.74 Å². The summed E-state index contributed by atoms with van der Waals surface area (Å²) in [4.78, 5) is 25.2. The highest BCUT2D eigenvalue weighted by Crippen LogP contribution is 2.43. The maximum Gasteiger partial charge on any atom is 0.420 e. The van der Waals surface area contributed by atoms with E-state index in [1.165, 1.54) is 6.07 Å². The number of carbonyl (C=O) groups excluding carboxylic acids is 2. The van der Waals surface area contributed by atoms with Crippen molar-refractivity contribution < 1.29 is 37.0 Å². The van der Waals surface area contributed by atoms with Gasteiger partial charge in [-0.05, 0) is 40.2 Å². The lowest BCUT2D eigenvalue weighted by molar-refractivity contribution is -0.138. The Labute approximate surface area is 188 Å². The van der Waals surface area contributed by atoms with Gasteiger partial charge in [-0.1, -0.05) is 18.2 Å². The lowest BCUT2D eigenvalue weighted by Crippen LogP contribution is -2.15. The molecule has 0 fully saturated rings. The van der Waals surface area contributed by atoms with E-state index in [1.54, 1.807) is 30.3 Å². The fourth-order valence-electron chi connectivity index (χ4n) is 3.10. The molecule has 1 aromatic heterocycles. The maximum absolute atomic E-state index is 13.7. The van der Waals surface area contributed by atoms with Gasteiger partial charge in [0, 0.05) is 5.56 Å². The van der Waals surface area contributed by atoms with Crippen molar-refractivity contribution in [1.82, 2.24) is 9.78 Å². The van der Waals surface area contributed by atoms with E-state index in [1.807, 2.05) is 0 Å². The largest absolute Gasteiger partial charge is 0.495 e. The first-order valence-corrected chi connectivity index (χ1v) is 9.73. The van der Waals surface area contributed by atoms with Gasteiger partial charge in [-0.3, -0.25) is 0 Å². The molecule has 3 rings (SSSR count). The van der Waals surface area contributed by atoms with E-state index in [2.05, 4.69) is 21.0 Å². The first-order chi connectivity index (χ1) is 15.1. The summed E-state index contributed by atoms with van der Waals surface area (Å²) < 4.78 is 56.6. The predicted molar refractivity (Wildman–Crippen MR) is 111 cm³/mol. The number of benzene rings is 2. The van der Waals surface area contributed by atoms with Crippen LogP contribution in [0.2, 0.25) is 0 Å². The Morgan fingerprint density at radius 1 is 1.00 bits per heavy atom. The van der Waals surface area contributed by atoms with E-state index in [0.717, 1.165) is 32.1 Å². The quantitative estimate of drug-likeness (QED) is 0.452. The van der Waals surface area contributed by atoms with Crippen molar-refractivity contribution in [2.24, 2.45) is 0 Å². The number of hydrogen-bond donors (Lipinski definition) is 0. The van der Waals surface area contributed by atoms with Gasteiger partial charge in [0.2, 0.25) is 0 Å². The van der Waals surface area contributed by atoms with E-state index in [9.17, 15) is 22.8 Å². The van der Waals surface area contributed by atoms with Crippen LogP contribution in [0.4, 0.5) is 13.2 Å². The van der Waals surface area contributed by atoms with E-state index >= 15 is 0 Å². The number of esters is 2. The molecule has 0 aliphatic carbocycles. The van der Waals surface area contributed by atoms with Gasteiger partial charge in [-0.15, -0.1) is 0 Å². The van der Waals surface area contributed by atoms with E-state index in [0.29, 0.717) is 5.69 Å². The topological polar surface area (TPSA) is 79.7 Å². The Balaban J connectivity index is 2.42. The molecule has 3 aromatic rings. The molecule has 0 amide bonds. The van der Waals surface area contributed by atoms with Crippen molar-refractivity contribution >= 4 is 27.9 Å². The second-order valence-corrected chi connectivity index (χ2v) is 7.19. The molecular weight excluding hydrogens is 497 g/mol. The Morgan fingerprint density at radius 3 is 2.16 bits per heavy atom. The summed E-state index contributed by atoms with van der Waals surface area (Å²) >= 11 is 3.07. The number of rotatable bonds is 5. The minimum Gasteiger partial charge on any atom is -0.495 e. The zero-order valence-corrected chi connectivity index (χ0v) is 18.6. The molecule has 0 aliphatic rings. The van der Waals surface area contributed by atoms with Gasteiger partial charge in [0.05, 0.1) is 37.1 Å². The van der Waals surface area contributed by atoms with Gasteiger partial charge < -0.3 is 14.2 Å². The number of aromatic nitrogens is 2. The molecule has 2 aromatic carbocycles. The van der Waals surface area contributed by atoms with Gasteiger partial charge in [-0.25, -0.2) is 14.3 Å². The van der Waals surface area contributed by atoms with Crippen molar-refractivity contribution in [3.8, 4) is 22.7 Å². The molecule has 0 radical (unpaired) electrons. The SMILES string of the molecule is COC(=O)c1c(-c2cc(Br)c(OC)c(C(F)(F)F)c2)nn(-c2ccccc2)c1C(=O)OC. The van der Waals surface area contributed by atoms with Gasteiger partial charge in [0.1, 0.15) is 17.0 Å². The molecule has 0 saturated carbocycles. The van der Waals surface area contributed by atoms with Crippen molar-refractivity contribution in [2.45, 2.75) is 6.18 Å². The van der Waals surface area contributed by atoms with Gasteiger partial charge in [0.25, 0.3) is 0 Å². The third-order valence-electron chi connectivity index (χ3n) is 4.48. The van der Waals surface area contributed by atoms with Crippen molar-refractivity contribution in [2.75, 3.05) is 21.3 Å². The minimum atomic E-state index is -4.76. The standard InChI is InChI=1S/C21H16BrF3N2O5/c1-30-18-13(21(23,24)25)9-11(10-14(18)22)16-15(19(28)31-2)17(20(29)32-3)27(26-16)12-7-5-4-6-8-12/h4-10H,1-3H3. The van der Waals surface area contributed by atoms with Crippen LogP contribution in [0.3, 0.4) is 0 Å². The molecule has 11 heteroatoms. The number of hydrogen-bond acceptors (Lipinski definition) is 6. The smallest absolute Gasteiger partial charge is 0.420 e. The highest BCUT2D eigenvalue weighted by Gasteiger charge is 2.37. The van der Waals surface area contributed by atoms with E-state index in [-0.39, 0.29) is 27.0 Å². The van der Waals surface area contributed by atoms with Crippen LogP contribution >= 0.6 is 15.9 Å². The zero-order valence-electron chi connectivity index (χ0n) is 17.0. The fourth-order valence-corrected chi connectivity index (χ4v) is 3.73. The molecule has 0 unspecified atom stereocenters. The Morgan fingerprint density at radius 2 is 1.62 bits per heavy atom. The molecule has 0 aliphatic heterocycles. The Bertz CT molecular complexity index is 1180. The van der Waals surface area contributed by atoms with Crippen LogP contribution in [0.1, 0.15) is 26.4 Å². The normalized spacial score (nSPS) is 11.2. The number of alkyl halides is 3. The second-order valence-electron chi connectivity index (χ2n) is 6.34. The maximum atomic E-state index is 13.7. The molecule has 32 heavy (non-hydrogen) atoms. The number of nitrogens with zero attached hydrogens (tertiary/aromatic N) is 2. The van der Waals surface area contributed by atoms with Gasteiger partial charge in [0.15, 0.2) is 5.69 Å². The average molecular weight is 513 g/mol. The number of ether oxygens (including phenoxy) is 3. The molecule has 1 heterocycles. The number of para-hydroxylation sites is 1. The van der Waals surface area contributed by atoms with E-state index in [4.69, 9.17) is 14.2 Å². The monoisotopic (exact) mass is 512 g/mol. The molecule has 0 atom stereocenters. The first-order valence-electron chi connectivity index (χ1n) is 8.94. The minimum absolute atomic E-state index is 0.0190. The highest BCUT2D eigenvalue weighted by molar-refractivity contribution is 9.10. The number of carbonyl (C=O) groups is 2. The van der Waals surface area contributed by atoms with Crippen LogP contribution in [0, 0.1) is 0 Å².